The van der Waals surface area contributed by atoms with E-state index in [9.17, 15) is 9.59 Å². The Morgan fingerprint density at radius 1 is 1.00 bits per heavy atom. The summed E-state index contributed by atoms with van der Waals surface area (Å²) in [4.78, 5) is 23.8. The molecule has 0 heterocycles. The van der Waals surface area contributed by atoms with Crippen LogP contribution in [0.1, 0.15) is 48.0 Å². The maximum atomic E-state index is 12.4. The normalized spacial score (nSPS) is 32.8. The standard InChI is InChI=1S/C21H25NO3/c1-25-21(24)16-5-2-13(3-6-16)4-7-19(23)22-20-17-9-14-8-15(11-17)12-18(20)10-14/h2-7,14-15,17-18,20H,8-12H2,1H3,(H,22,23)/b7-4+. The Labute approximate surface area is 148 Å². The van der Waals surface area contributed by atoms with Crippen molar-refractivity contribution in [2.24, 2.45) is 23.7 Å². The van der Waals surface area contributed by atoms with E-state index >= 15 is 0 Å². The highest BCUT2D eigenvalue weighted by molar-refractivity contribution is 5.92. The van der Waals surface area contributed by atoms with Crippen LogP contribution in [0.3, 0.4) is 0 Å². The lowest BCUT2D eigenvalue weighted by atomic mass is 9.54. The largest absolute Gasteiger partial charge is 0.465 e. The molecule has 1 amide bonds. The molecule has 132 valence electrons. The van der Waals surface area contributed by atoms with Crippen molar-refractivity contribution in [3.63, 3.8) is 0 Å². The molecule has 1 aromatic rings. The molecular formula is C21H25NO3. The molecule has 1 N–H and O–H groups in total. The summed E-state index contributed by atoms with van der Waals surface area (Å²) in [5, 5.41) is 3.27. The van der Waals surface area contributed by atoms with Gasteiger partial charge in [-0.2, -0.15) is 0 Å². The third-order valence-corrected chi connectivity index (χ3v) is 6.29. The van der Waals surface area contributed by atoms with Gasteiger partial charge < -0.3 is 10.1 Å². The predicted molar refractivity (Wildman–Crippen MR) is 95.8 cm³/mol. The van der Waals surface area contributed by atoms with Crippen LogP contribution in [0.15, 0.2) is 30.3 Å². The molecule has 0 aliphatic heterocycles. The minimum absolute atomic E-state index is 0.00508. The van der Waals surface area contributed by atoms with Crippen LogP contribution in [-0.4, -0.2) is 25.0 Å². The first-order valence-electron chi connectivity index (χ1n) is 9.29. The Morgan fingerprint density at radius 3 is 2.16 bits per heavy atom. The van der Waals surface area contributed by atoms with Crippen molar-refractivity contribution in [2.75, 3.05) is 7.11 Å². The lowest BCUT2D eigenvalue weighted by molar-refractivity contribution is -0.120. The second-order valence-electron chi connectivity index (χ2n) is 7.91. The summed E-state index contributed by atoms with van der Waals surface area (Å²) < 4.78 is 4.68. The van der Waals surface area contributed by atoms with E-state index in [1.54, 1.807) is 24.3 Å². The molecule has 4 fully saturated rings. The van der Waals surface area contributed by atoms with Gasteiger partial charge in [-0.1, -0.05) is 12.1 Å². The fourth-order valence-electron chi connectivity index (χ4n) is 5.39. The zero-order chi connectivity index (χ0) is 17.4. The predicted octanol–water partition coefficient (Wildman–Crippen LogP) is 3.43. The van der Waals surface area contributed by atoms with E-state index < -0.39 is 0 Å². The summed E-state index contributed by atoms with van der Waals surface area (Å²) in [5.41, 5.74) is 1.41. The molecule has 5 rings (SSSR count). The van der Waals surface area contributed by atoms with E-state index in [0.29, 0.717) is 23.4 Å². The Balaban J connectivity index is 1.36. The van der Waals surface area contributed by atoms with E-state index in [1.165, 1.54) is 39.2 Å². The molecule has 1 aromatic carbocycles. The third kappa shape index (κ3) is 3.35. The molecule has 4 aliphatic rings. The van der Waals surface area contributed by atoms with Crippen molar-refractivity contribution in [1.82, 2.24) is 5.32 Å². The molecule has 0 unspecified atom stereocenters. The van der Waals surface area contributed by atoms with Crippen LogP contribution in [0.2, 0.25) is 0 Å². The molecule has 25 heavy (non-hydrogen) atoms. The Bertz CT molecular complexity index is 664. The minimum Gasteiger partial charge on any atom is -0.465 e. The van der Waals surface area contributed by atoms with Gasteiger partial charge in [-0.3, -0.25) is 4.79 Å². The quantitative estimate of drug-likeness (QED) is 0.675. The third-order valence-electron chi connectivity index (χ3n) is 6.29. The van der Waals surface area contributed by atoms with Crippen LogP contribution < -0.4 is 5.32 Å². The first-order chi connectivity index (χ1) is 12.1. The molecule has 0 radical (unpaired) electrons. The summed E-state index contributed by atoms with van der Waals surface area (Å²) in [7, 11) is 1.37. The number of esters is 1. The van der Waals surface area contributed by atoms with Gasteiger partial charge in [-0.05, 0) is 79.5 Å². The van der Waals surface area contributed by atoms with Crippen LogP contribution in [0.5, 0.6) is 0 Å². The minimum atomic E-state index is -0.352. The van der Waals surface area contributed by atoms with Crippen molar-refractivity contribution < 1.29 is 14.3 Å². The molecule has 0 saturated heterocycles. The Kier molecular flexibility index (Phi) is 4.36. The van der Waals surface area contributed by atoms with E-state index in [1.807, 2.05) is 12.1 Å². The average molecular weight is 339 g/mol. The van der Waals surface area contributed by atoms with E-state index in [-0.39, 0.29) is 11.9 Å². The van der Waals surface area contributed by atoms with Crippen LogP contribution in [0, 0.1) is 23.7 Å². The van der Waals surface area contributed by atoms with Crippen molar-refractivity contribution in [1.29, 1.82) is 0 Å². The Morgan fingerprint density at radius 2 is 1.60 bits per heavy atom. The first kappa shape index (κ1) is 16.4. The van der Waals surface area contributed by atoms with Gasteiger partial charge >= 0.3 is 5.97 Å². The molecule has 4 nitrogen and oxygen atoms in total. The fourth-order valence-corrected chi connectivity index (χ4v) is 5.39. The number of methoxy groups -OCH3 is 1. The molecule has 4 heteroatoms. The maximum Gasteiger partial charge on any atom is 0.337 e. The molecule has 4 saturated carbocycles. The van der Waals surface area contributed by atoms with Gasteiger partial charge in [0, 0.05) is 12.1 Å². The fraction of sp³-hybridized carbons (Fsp3) is 0.524. The highest BCUT2D eigenvalue weighted by Gasteiger charge is 2.48. The number of carbonyl (C=O) groups is 2. The van der Waals surface area contributed by atoms with E-state index in [0.717, 1.165) is 17.4 Å². The molecule has 4 aliphatic carbocycles. The van der Waals surface area contributed by atoms with Crippen molar-refractivity contribution in [2.45, 2.75) is 38.1 Å². The first-order valence-corrected chi connectivity index (χ1v) is 9.29. The summed E-state index contributed by atoms with van der Waals surface area (Å²) in [6.45, 7) is 0. The van der Waals surface area contributed by atoms with Gasteiger partial charge in [0.2, 0.25) is 5.91 Å². The monoisotopic (exact) mass is 339 g/mol. The second-order valence-corrected chi connectivity index (χ2v) is 7.91. The summed E-state index contributed by atoms with van der Waals surface area (Å²) in [5.74, 6) is 2.85. The van der Waals surface area contributed by atoms with Crippen molar-refractivity contribution >= 4 is 18.0 Å². The Hall–Kier alpha value is -2.10. The highest BCUT2D eigenvalue weighted by Crippen LogP contribution is 2.53. The maximum absolute atomic E-state index is 12.4. The van der Waals surface area contributed by atoms with Crippen LogP contribution in [-0.2, 0) is 9.53 Å². The van der Waals surface area contributed by atoms with Crippen LogP contribution in [0.25, 0.3) is 6.08 Å². The molecule has 0 aromatic heterocycles. The summed E-state index contributed by atoms with van der Waals surface area (Å²) in [6, 6.07) is 7.42. The zero-order valence-electron chi connectivity index (χ0n) is 14.6. The second kappa shape index (κ2) is 6.66. The number of hydrogen-bond acceptors (Lipinski definition) is 3. The highest BCUT2D eigenvalue weighted by atomic mass is 16.5. The summed E-state index contributed by atoms with van der Waals surface area (Å²) >= 11 is 0. The van der Waals surface area contributed by atoms with Gasteiger partial charge in [0.05, 0.1) is 12.7 Å². The van der Waals surface area contributed by atoms with E-state index in [2.05, 4.69) is 10.1 Å². The van der Waals surface area contributed by atoms with Crippen LogP contribution >= 0.6 is 0 Å². The van der Waals surface area contributed by atoms with Gasteiger partial charge in [0.15, 0.2) is 0 Å². The number of amides is 1. The average Bonchev–Trinajstić information content (AvgIpc) is 2.62. The molecule has 4 bridgehead atoms. The smallest absolute Gasteiger partial charge is 0.337 e. The number of hydrogen-bond donors (Lipinski definition) is 1. The zero-order valence-corrected chi connectivity index (χ0v) is 14.6. The number of nitrogens with one attached hydrogen (secondary N) is 1. The van der Waals surface area contributed by atoms with E-state index in [4.69, 9.17) is 0 Å². The summed E-state index contributed by atoms with van der Waals surface area (Å²) in [6.07, 6.45) is 10.0. The van der Waals surface area contributed by atoms with Gasteiger partial charge in [-0.15, -0.1) is 0 Å². The molecular weight excluding hydrogens is 314 g/mol. The lowest BCUT2D eigenvalue weighted by Gasteiger charge is -2.54. The SMILES string of the molecule is COC(=O)c1ccc(/C=C/C(=O)NC2C3CC4CC(C3)CC2C4)cc1. The number of rotatable bonds is 4. The molecule has 0 spiro atoms. The van der Waals surface area contributed by atoms with Crippen molar-refractivity contribution in [3.8, 4) is 0 Å². The topological polar surface area (TPSA) is 55.4 Å². The number of benzene rings is 1. The van der Waals surface area contributed by atoms with Crippen molar-refractivity contribution in [3.05, 3.63) is 41.5 Å². The lowest BCUT2D eigenvalue weighted by Crippen LogP contribution is -2.55. The van der Waals surface area contributed by atoms with Gasteiger partial charge in [0.1, 0.15) is 0 Å². The molecule has 0 atom stereocenters. The van der Waals surface area contributed by atoms with Gasteiger partial charge in [0.25, 0.3) is 0 Å². The number of ether oxygens (including phenoxy) is 1. The van der Waals surface area contributed by atoms with Crippen LogP contribution in [0.4, 0.5) is 0 Å². The van der Waals surface area contributed by atoms with Gasteiger partial charge in [-0.25, -0.2) is 4.79 Å². The number of carbonyl (C=O) groups excluding carboxylic acids is 2.